The van der Waals surface area contributed by atoms with Gasteiger partial charge in [-0.05, 0) is 31.9 Å². The van der Waals surface area contributed by atoms with Crippen LogP contribution in [0.5, 0.6) is 5.75 Å². The Balaban J connectivity index is 1.56. The zero-order valence-electron chi connectivity index (χ0n) is 14.4. The molecule has 2 aromatic rings. The first-order valence-corrected chi connectivity index (χ1v) is 10.3. The number of benzene rings is 1. The SMILES string of the molecule is C[C@H]1C[C@@]2(CCN1Cc1cccc(Cl)c1O)OC[C@H](O)c1cc(Cl)sc12. The minimum Gasteiger partial charge on any atom is -0.506 e. The molecule has 2 aliphatic rings. The van der Waals surface area contributed by atoms with E-state index in [0.29, 0.717) is 22.5 Å². The molecule has 26 heavy (non-hydrogen) atoms. The third-order valence-corrected chi connectivity index (χ3v) is 7.29. The van der Waals surface area contributed by atoms with Crippen molar-refractivity contribution >= 4 is 34.5 Å². The lowest BCUT2D eigenvalue weighted by atomic mass is 9.81. The van der Waals surface area contributed by atoms with Gasteiger partial charge in [0, 0.05) is 35.1 Å². The second-order valence-electron chi connectivity index (χ2n) is 7.18. The van der Waals surface area contributed by atoms with Gasteiger partial charge in [-0.1, -0.05) is 35.3 Å². The Bertz CT molecular complexity index is 827. The third-order valence-electron chi connectivity index (χ3n) is 5.52. The van der Waals surface area contributed by atoms with Crippen LogP contribution < -0.4 is 0 Å². The Morgan fingerprint density at radius 2 is 2.19 bits per heavy atom. The molecule has 1 saturated heterocycles. The number of aromatic hydroxyl groups is 1. The van der Waals surface area contributed by atoms with E-state index in [0.717, 1.165) is 35.4 Å². The standard InChI is InChI=1S/C19H21Cl2NO3S/c1-11-8-19(18-13(7-16(21)26-18)15(23)10-25-19)5-6-22(11)9-12-3-2-4-14(20)17(12)24/h2-4,7,11,15,23-24H,5-6,8-10H2,1H3/t11-,15-,19+/m0/s1. The van der Waals surface area contributed by atoms with Crippen LogP contribution in [0.15, 0.2) is 24.3 Å². The molecule has 1 aromatic carbocycles. The van der Waals surface area contributed by atoms with Crippen molar-refractivity contribution in [3.63, 3.8) is 0 Å². The van der Waals surface area contributed by atoms with Gasteiger partial charge in [-0.2, -0.15) is 0 Å². The molecule has 2 N–H and O–H groups in total. The fourth-order valence-electron chi connectivity index (χ4n) is 4.10. The lowest BCUT2D eigenvalue weighted by Crippen LogP contribution is -2.50. The molecule has 4 rings (SSSR count). The predicted octanol–water partition coefficient (Wildman–Crippen LogP) is 4.70. The summed E-state index contributed by atoms with van der Waals surface area (Å²) in [6, 6.07) is 7.59. The number of piperidine rings is 1. The zero-order chi connectivity index (χ0) is 18.5. The number of phenolic OH excluding ortho intramolecular Hbond substituents is 1. The first-order chi connectivity index (χ1) is 12.4. The Morgan fingerprint density at radius 1 is 1.38 bits per heavy atom. The van der Waals surface area contributed by atoms with Gasteiger partial charge in [0.25, 0.3) is 0 Å². The maximum Gasteiger partial charge on any atom is 0.138 e. The number of rotatable bonds is 2. The van der Waals surface area contributed by atoms with Gasteiger partial charge in [0.05, 0.1) is 16.0 Å². The molecule has 0 aliphatic carbocycles. The fourth-order valence-corrected chi connectivity index (χ4v) is 5.77. The van der Waals surface area contributed by atoms with E-state index in [1.807, 2.05) is 18.2 Å². The second kappa shape index (κ2) is 6.97. The summed E-state index contributed by atoms with van der Waals surface area (Å²) in [6.07, 6.45) is 1.05. The minimum absolute atomic E-state index is 0.158. The highest BCUT2D eigenvalue weighted by atomic mass is 35.5. The average Bonchev–Trinajstić information content (AvgIpc) is 3.01. The van der Waals surface area contributed by atoms with Crippen molar-refractivity contribution in [2.45, 2.75) is 44.1 Å². The van der Waals surface area contributed by atoms with Crippen molar-refractivity contribution in [2.24, 2.45) is 0 Å². The molecule has 0 amide bonds. The molecule has 2 aliphatic heterocycles. The molecule has 1 spiro atoms. The average molecular weight is 414 g/mol. The van der Waals surface area contributed by atoms with Crippen LogP contribution in [0, 0.1) is 0 Å². The molecule has 7 heteroatoms. The van der Waals surface area contributed by atoms with E-state index in [1.54, 1.807) is 6.07 Å². The largest absolute Gasteiger partial charge is 0.506 e. The lowest BCUT2D eigenvalue weighted by Gasteiger charge is -2.47. The summed E-state index contributed by atoms with van der Waals surface area (Å²) in [5.41, 5.74) is 1.37. The van der Waals surface area contributed by atoms with E-state index < -0.39 is 6.10 Å². The number of hydrogen-bond donors (Lipinski definition) is 2. The summed E-state index contributed by atoms with van der Waals surface area (Å²) < 4.78 is 6.87. The van der Waals surface area contributed by atoms with Gasteiger partial charge in [-0.25, -0.2) is 0 Å². The highest BCUT2D eigenvalue weighted by Gasteiger charge is 2.46. The monoisotopic (exact) mass is 413 g/mol. The van der Waals surface area contributed by atoms with Gasteiger partial charge in [-0.15, -0.1) is 11.3 Å². The summed E-state index contributed by atoms with van der Waals surface area (Å²) in [6.45, 7) is 3.95. The third kappa shape index (κ3) is 3.15. The van der Waals surface area contributed by atoms with Gasteiger partial charge >= 0.3 is 0 Å². The first-order valence-electron chi connectivity index (χ1n) is 8.72. The zero-order valence-corrected chi connectivity index (χ0v) is 16.7. The Kier molecular flexibility index (Phi) is 4.97. The topological polar surface area (TPSA) is 52.9 Å². The molecular formula is C19H21Cl2NO3S. The summed E-state index contributed by atoms with van der Waals surface area (Å²) in [4.78, 5) is 3.40. The molecule has 1 fully saturated rings. The number of likely N-dealkylation sites (tertiary alicyclic amines) is 1. The van der Waals surface area contributed by atoms with Crippen molar-refractivity contribution in [2.75, 3.05) is 13.2 Å². The molecule has 0 bridgehead atoms. The fraction of sp³-hybridized carbons (Fsp3) is 0.474. The number of fused-ring (bicyclic) bond motifs is 2. The second-order valence-corrected chi connectivity index (χ2v) is 9.27. The summed E-state index contributed by atoms with van der Waals surface area (Å²) in [7, 11) is 0. The van der Waals surface area contributed by atoms with Gasteiger partial charge in [0.2, 0.25) is 0 Å². The maximum absolute atomic E-state index is 10.2. The lowest BCUT2D eigenvalue weighted by molar-refractivity contribution is -0.139. The quantitative estimate of drug-likeness (QED) is 0.748. The van der Waals surface area contributed by atoms with Crippen molar-refractivity contribution < 1.29 is 14.9 Å². The van der Waals surface area contributed by atoms with Crippen molar-refractivity contribution in [1.82, 2.24) is 4.90 Å². The number of aliphatic hydroxyl groups excluding tert-OH is 1. The highest BCUT2D eigenvalue weighted by molar-refractivity contribution is 7.16. The summed E-state index contributed by atoms with van der Waals surface area (Å²) in [5, 5.41) is 20.8. The van der Waals surface area contributed by atoms with Crippen LogP contribution in [0.1, 0.15) is 41.9 Å². The molecule has 3 atom stereocenters. The highest BCUT2D eigenvalue weighted by Crippen LogP contribution is 2.50. The Labute approximate surface area is 166 Å². The van der Waals surface area contributed by atoms with Crippen molar-refractivity contribution in [3.8, 4) is 5.75 Å². The number of para-hydroxylation sites is 1. The number of thiophene rings is 1. The van der Waals surface area contributed by atoms with E-state index >= 15 is 0 Å². The Morgan fingerprint density at radius 3 is 2.96 bits per heavy atom. The van der Waals surface area contributed by atoms with Crippen LogP contribution >= 0.6 is 34.5 Å². The molecule has 1 aromatic heterocycles. The van der Waals surface area contributed by atoms with Crippen LogP contribution in [0.3, 0.4) is 0 Å². The molecule has 0 radical (unpaired) electrons. The van der Waals surface area contributed by atoms with Gasteiger partial charge in [0.15, 0.2) is 0 Å². The van der Waals surface area contributed by atoms with Gasteiger partial charge in [0.1, 0.15) is 17.5 Å². The van der Waals surface area contributed by atoms with E-state index in [4.69, 9.17) is 27.9 Å². The number of aliphatic hydroxyl groups is 1. The predicted molar refractivity (Wildman–Crippen MR) is 104 cm³/mol. The molecule has 0 saturated carbocycles. The van der Waals surface area contributed by atoms with E-state index in [1.165, 1.54) is 11.3 Å². The normalized spacial score (nSPS) is 29.1. The Hall–Kier alpha value is -0.820. The number of hydrogen-bond acceptors (Lipinski definition) is 5. The van der Waals surface area contributed by atoms with Crippen molar-refractivity contribution in [1.29, 1.82) is 0 Å². The van der Waals surface area contributed by atoms with Gasteiger partial charge in [-0.3, -0.25) is 4.90 Å². The van der Waals surface area contributed by atoms with Crippen LogP contribution in [0.25, 0.3) is 0 Å². The van der Waals surface area contributed by atoms with Gasteiger partial charge < -0.3 is 14.9 Å². The number of ether oxygens (including phenoxy) is 1. The van der Waals surface area contributed by atoms with Crippen molar-refractivity contribution in [3.05, 3.63) is 49.6 Å². The molecular weight excluding hydrogens is 393 g/mol. The minimum atomic E-state index is -0.601. The molecule has 0 unspecified atom stereocenters. The van der Waals surface area contributed by atoms with Crippen LogP contribution in [0.4, 0.5) is 0 Å². The molecule has 140 valence electrons. The smallest absolute Gasteiger partial charge is 0.138 e. The molecule has 3 heterocycles. The van der Waals surface area contributed by atoms with Crippen LogP contribution in [-0.2, 0) is 16.9 Å². The number of halogens is 2. The van der Waals surface area contributed by atoms with Crippen LogP contribution in [0.2, 0.25) is 9.36 Å². The van der Waals surface area contributed by atoms with Crippen LogP contribution in [-0.4, -0.2) is 34.3 Å². The maximum atomic E-state index is 10.2. The summed E-state index contributed by atoms with van der Waals surface area (Å²) >= 11 is 13.8. The number of phenols is 1. The summed E-state index contributed by atoms with van der Waals surface area (Å²) in [5.74, 6) is 0.158. The first kappa shape index (κ1) is 18.5. The number of nitrogens with zero attached hydrogens (tertiary/aromatic N) is 1. The van der Waals surface area contributed by atoms with E-state index in [-0.39, 0.29) is 17.4 Å². The van der Waals surface area contributed by atoms with E-state index in [9.17, 15) is 10.2 Å². The van der Waals surface area contributed by atoms with E-state index in [2.05, 4.69) is 11.8 Å². The molecule has 4 nitrogen and oxygen atoms in total.